The van der Waals surface area contributed by atoms with Gasteiger partial charge in [-0.15, -0.1) is 0 Å². The number of rotatable bonds is 6. The van der Waals surface area contributed by atoms with Crippen LogP contribution in [-0.4, -0.2) is 34.7 Å². The first-order chi connectivity index (χ1) is 13.5. The van der Waals surface area contributed by atoms with Gasteiger partial charge in [-0.3, -0.25) is 14.3 Å². The number of aryl methyl sites for hydroxylation is 2. The SMILES string of the molecule is Cc1cc(-c2cc(C(=O)NCCNC(=O)c3ccccc3)nn2C)ccc1F. The second-order valence-electron chi connectivity index (χ2n) is 6.38. The maximum atomic E-state index is 13.5. The zero-order valence-corrected chi connectivity index (χ0v) is 15.7. The summed E-state index contributed by atoms with van der Waals surface area (Å²) in [6.45, 7) is 2.27. The Kier molecular flexibility index (Phi) is 5.84. The largest absolute Gasteiger partial charge is 0.350 e. The third kappa shape index (κ3) is 4.43. The van der Waals surface area contributed by atoms with Gasteiger partial charge in [0, 0.05) is 31.3 Å². The van der Waals surface area contributed by atoms with Gasteiger partial charge in [0.15, 0.2) is 5.69 Å². The minimum Gasteiger partial charge on any atom is -0.350 e. The van der Waals surface area contributed by atoms with Crippen molar-refractivity contribution in [1.82, 2.24) is 20.4 Å². The van der Waals surface area contributed by atoms with Crippen LogP contribution in [0.4, 0.5) is 4.39 Å². The van der Waals surface area contributed by atoms with E-state index in [4.69, 9.17) is 0 Å². The number of benzene rings is 2. The van der Waals surface area contributed by atoms with Crippen LogP contribution in [0.1, 0.15) is 26.4 Å². The predicted molar refractivity (Wildman–Crippen MR) is 104 cm³/mol. The smallest absolute Gasteiger partial charge is 0.271 e. The van der Waals surface area contributed by atoms with Gasteiger partial charge in [-0.25, -0.2) is 4.39 Å². The van der Waals surface area contributed by atoms with E-state index in [2.05, 4.69) is 15.7 Å². The summed E-state index contributed by atoms with van der Waals surface area (Å²) in [4.78, 5) is 24.3. The quantitative estimate of drug-likeness (QED) is 0.646. The minimum atomic E-state index is -0.338. The van der Waals surface area contributed by atoms with Crippen molar-refractivity contribution in [1.29, 1.82) is 0 Å². The molecule has 1 heterocycles. The molecule has 0 aliphatic heterocycles. The molecule has 0 saturated heterocycles. The van der Waals surface area contributed by atoms with Gasteiger partial charge in [-0.05, 0) is 48.9 Å². The fourth-order valence-corrected chi connectivity index (χ4v) is 2.79. The van der Waals surface area contributed by atoms with Crippen molar-refractivity contribution < 1.29 is 14.0 Å². The van der Waals surface area contributed by atoms with E-state index in [1.54, 1.807) is 61.1 Å². The van der Waals surface area contributed by atoms with Crippen LogP contribution in [0.15, 0.2) is 54.6 Å². The van der Waals surface area contributed by atoms with E-state index in [0.29, 0.717) is 23.4 Å². The van der Waals surface area contributed by atoms with Gasteiger partial charge >= 0.3 is 0 Å². The number of hydrogen-bond acceptors (Lipinski definition) is 3. The molecule has 3 aromatic rings. The molecule has 0 bridgehead atoms. The van der Waals surface area contributed by atoms with Gasteiger partial charge in [-0.1, -0.05) is 18.2 Å². The van der Waals surface area contributed by atoms with Crippen molar-refractivity contribution in [3.05, 3.63) is 77.2 Å². The van der Waals surface area contributed by atoms with Crippen molar-refractivity contribution in [3.63, 3.8) is 0 Å². The lowest BCUT2D eigenvalue weighted by Gasteiger charge is -2.06. The molecule has 0 spiro atoms. The van der Waals surface area contributed by atoms with E-state index in [-0.39, 0.29) is 29.9 Å². The molecule has 144 valence electrons. The molecule has 3 rings (SSSR count). The lowest BCUT2D eigenvalue weighted by atomic mass is 10.1. The molecular weight excluding hydrogens is 359 g/mol. The summed E-state index contributed by atoms with van der Waals surface area (Å²) in [6.07, 6.45) is 0. The van der Waals surface area contributed by atoms with Crippen molar-refractivity contribution in [2.75, 3.05) is 13.1 Å². The van der Waals surface area contributed by atoms with Gasteiger partial charge in [0.05, 0.1) is 5.69 Å². The molecule has 2 amide bonds. The van der Waals surface area contributed by atoms with Crippen LogP contribution in [0, 0.1) is 12.7 Å². The summed E-state index contributed by atoms with van der Waals surface area (Å²) < 4.78 is 15.1. The molecule has 6 nitrogen and oxygen atoms in total. The molecular formula is C21H21FN4O2. The summed E-state index contributed by atoms with van der Waals surface area (Å²) in [7, 11) is 1.73. The zero-order chi connectivity index (χ0) is 20.1. The van der Waals surface area contributed by atoms with Gasteiger partial charge in [0.2, 0.25) is 0 Å². The average Bonchev–Trinajstić information content (AvgIpc) is 3.09. The minimum absolute atomic E-state index is 0.193. The zero-order valence-electron chi connectivity index (χ0n) is 15.7. The summed E-state index contributed by atoms with van der Waals surface area (Å²) >= 11 is 0. The third-order valence-electron chi connectivity index (χ3n) is 4.30. The van der Waals surface area contributed by atoms with Gasteiger partial charge in [0.25, 0.3) is 11.8 Å². The van der Waals surface area contributed by atoms with E-state index >= 15 is 0 Å². The number of halogens is 1. The molecule has 1 aromatic heterocycles. The second kappa shape index (κ2) is 8.47. The van der Waals surface area contributed by atoms with Crippen LogP contribution in [0.25, 0.3) is 11.3 Å². The molecule has 0 atom stereocenters. The average molecular weight is 380 g/mol. The molecule has 0 unspecified atom stereocenters. The van der Waals surface area contributed by atoms with Gasteiger partial charge in [0.1, 0.15) is 5.82 Å². The van der Waals surface area contributed by atoms with Crippen molar-refractivity contribution in [2.24, 2.45) is 7.05 Å². The normalized spacial score (nSPS) is 10.5. The Morgan fingerprint density at radius 1 is 1.00 bits per heavy atom. The predicted octanol–water partition coefficient (Wildman–Crippen LogP) is 2.69. The maximum absolute atomic E-state index is 13.5. The Morgan fingerprint density at radius 3 is 2.36 bits per heavy atom. The fraction of sp³-hybridized carbons (Fsp3) is 0.190. The highest BCUT2D eigenvalue weighted by Crippen LogP contribution is 2.22. The number of aromatic nitrogens is 2. The van der Waals surface area contributed by atoms with Crippen LogP contribution in [0.2, 0.25) is 0 Å². The molecule has 2 N–H and O–H groups in total. The molecule has 7 heteroatoms. The molecule has 0 aliphatic carbocycles. The standard InChI is InChI=1S/C21H21FN4O2/c1-14-12-16(8-9-17(14)22)19-13-18(25-26(19)2)21(28)24-11-10-23-20(27)15-6-4-3-5-7-15/h3-9,12-13H,10-11H2,1-2H3,(H,23,27)(H,24,28). The van der Waals surface area contributed by atoms with E-state index in [9.17, 15) is 14.0 Å². The third-order valence-corrected chi connectivity index (χ3v) is 4.30. The first kappa shape index (κ1) is 19.3. The van der Waals surface area contributed by atoms with E-state index < -0.39 is 0 Å². The summed E-state index contributed by atoms with van der Waals surface area (Å²) in [6, 6.07) is 15.3. The Balaban J connectivity index is 1.56. The van der Waals surface area contributed by atoms with Gasteiger partial charge < -0.3 is 10.6 Å². The van der Waals surface area contributed by atoms with Crippen molar-refractivity contribution in [3.8, 4) is 11.3 Å². The number of carbonyl (C=O) groups is 2. The molecule has 0 saturated carbocycles. The number of nitrogens with zero attached hydrogens (tertiary/aromatic N) is 2. The highest BCUT2D eigenvalue weighted by Gasteiger charge is 2.14. The Morgan fingerprint density at radius 2 is 1.68 bits per heavy atom. The number of amides is 2. The van der Waals surface area contributed by atoms with Crippen LogP contribution >= 0.6 is 0 Å². The highest BCUT2D eigenvalue weighted by molar-refractivity contribution is 5.94. The fourth-order valence-electron chi connectivity index (χ4n) is 2.79. The summed E-state index contributed by atoms with van der Waals surface area (Å²) in [5.74, 6) is -0.808. The lowest BCUT2D eigenvalue weighted by molar-refractivity contribution is 0.0924. The van der Waals surface area contributed by atoms with Crippen LogP contribution in [0.5, 0.6) is 0 Å². The van der Waals surface area contributed by atoms with Gasteiger partial charge in [-0.2, -0.15) is 5.10 Å². The molecule has 28 heavy (non-hydrogen) atoms. The first-order valence-corrected chi connectivity index (χ1v) is 8.87. The topological polar surface area (TPSA) is 76.0 Å². The van der Waals surface area contributed by atoms with E-state index in [0.717, 1.165) is 5.56 Å². The maximum Gasteiger partial charge on any atom is 0.271 e. The van der Waals surface area contributed by atoms with Crippen LogP contribution < -0.4 is 10.6 Å². The lowest BCUT2D eigenvalue weighted by Crippen LogP contribution is -2.34. The summed E-state index contributed by atoms with van der Waals surface area (Å²) in [5.41, 5.74) is 2.85. The number of carbonyl (C=O) groups excluding carboxylic acids is 2. The van der Waals surface area contributed by atoms with Crippen LogP contribution in [0.3, 0.4) is 0 Å². The number of hydrogen-bond donors (Lipinski definition) is 2. The first-order valence-electron chi connectivity index (χ1n) is 8.87. The molecule has 0 aliphatic rings. The van der Waals surface area contributed by atoms with Crippen molar-refractivity contribution in [2.45, 2.75) is 6.92 Å². The van der Waals surface area contributed by atoms with E-state index in [1.807, 2.05) is 6.07 Å². The monoisotopic (exact) mass is 380 g/mol. The highest BCUT2D eigenvalue weighted by atomic mass is 19.1. The summed E-state index contributed by atoms with van der Waals surface area (Å²) in [5, 5.41) is 9.70. The number of nitrogens with one attached hydrogen (secondary N) is 2. The molecule has 0 radical (unpaired) electrons. The Labute approximate surface area is 162 Å². The molecule has 0 fully saturated rings. The van der Waals surface area contributed by atoms with Crippen molar-refractivity contribution >= 4 is 11.8 Å². The Bertz CT molecular complexity index is 999. The molecule has 2 aromatic carbocycles. The van der Waals surface area contributed by atoms with E-state index in [1.165, 1.54) is 6.07 Å². The Hall–Kier alpha value is -3.48. The second-order valence-corrected chi connectivity index (χ2v) is 6.38. The van der Waals surface area contributed by atoms with Crippen LogP contribution in [-0.2, 0) is 7.05 Å².